The molecule has 2 aromatic rings. The van der Waals surface area contributed by atoms with Gasteiger partial charge in [-0.15, -0.1) is 0 Å². The molecule has 0 atom stereocenters. The zero-order chi connectivity index (χ0) is 22.4. The number of rotatable bonds is 8. The molecule has 168 valence electrons. The second kappa shape index (κ2) is 11.0. The fourth-order valence-electron chi connectivity index (χ4n) is 4.75. The lowest BCUT2D eigenvalue weighted by molar-refractivity contribution is 0.0600. The summed E-state index contributed by atoms with van der Waals surface area (Å²) in [6, 6.07) is 8.90. The Morgan fingerprint density at radius 1 is 1.23 bits per heavy atom. The van der Waals surface area contributed by atoms with Crippen molar-refractivity contribution in [1.29, 1.82) is 0 Å². The van der Waals surface area contributed by atoms with Crippen LogP contribution >= 0.6 is 11.6 Å². The summed E-state index contributed by atoms with van der Waals surface area (Å²) in [7, 11) is 3.65. The van der Waals surface area contributed by atoms with Crippen LogP contribution in [0.25, 0.3) is 0 Å². The van der Waals surface area contributed by atoms with Crippen LogP contribution < -0.4 is 4.90 Å². The summed E-state index contributed by atoms with van der Waals surface area (Å²) in [5.74, 6) is -0.337. The number of nitrogens with zero attached hydrogens (tertiary/aromatic N) is 3. The van der Waals surface area contributed by atoms with Gasteiger partial charge in [0.15, 0.2) is 0 Å². The molecule has 1 heterocycles. The largest absolute Gasteiger partial charge is 0.465 e. The Kier molecular flexibility index (Phi) is 8.33. The van der Waals surface area contributed by atoms with Gasteiger partial charge in [-0.3, -0.25) is 4.98 Å². The molecule has 0 amide bonds. The van der Waals surface area contributed by atoms with Gasteiger partial charge in [-0.25, -0.2) is 4.79 Å². The molecule has 0 spiro atoms. The van der Waals surface area contributed by atoms with Gasteiger partial charge < -0.3 is 14.5 Å². The van der Waals surface area contributed by atoms with E-state index in [1.165, 1.54) is 25.5 Å². The molecule has 1 aromatic carbocycles. The van der Waals surface area contributed by atoms with Crippen molar-refractivity contribution in [3.05, 3.63) is 58.4 Å². The lowest BCUT2D eigenvalue weighted by Gasteiger charge is -2.41. The van der Waals surface area contributed by atoms with E-state index < -0.39 is 0 Å². The Labute approximate surface area is 191 Å². The Bertz CT molecular complexity index is 867. The summed E-state index contributed by atoms with van der Waals surface area (Å²) < 4.78 is 4.96. The number of methoxy groups -OCH3 is 1. The zero-order valence-electron chi connectivity index (χ0n) is 19.1. The molecule has 0 bridgehead atoms. The van der Waals surface area contributed by atoms with E-state index in [1.54, 1.807) is 6.07 Å². The molecule has 1 aliphatic rings. The normalized spacial score (nSPS) is 18.8. The first kappa shape index (κ1) is 23.6. The number of esters is 1. The zero-order valence-corrected chi connectivity index (χ0v) is 19.9. The highest BCUT2D eigenvalue weighted by molar-refractivity contribution is 6.31. The molecule has 0 saturated heterocycles. The van der Waals surface area contributed by atoms with Crippen LogP contribution in [0.2, 0.25) is 5.02 Å². The molecule has 1 aliphatic carbocycles. The minimum Gasteiger partial charge on any atom is -0.465 e. The predicted octanol–water partition coefficient (Wildman–Crippen LogP) is 5.14. The van der Waals surface area contributed by atoms with Gasteiger partial charge in [-0.1, -0.05) is 17.7 Å². The third-order valence-corrected chi connectivity index (χ3v) is 6.83. The summed E-state index contributed by atoms with van der Waals surface area (Å²) in [6.07, 6.45) is 9.43. The molecule has 31 heavy (non-hydrogen) atoms. The average Bonchev–Trinajstić information content (AvgIpc) is 2.80. The molecule has 0 radical (unpaired) electrons. The third-order valence-electron chi connectivity index (χ3n) is 6.61. The SMILES string of the molecule is CCN(c1cc(Cl)cc(C(=O)OC)c1C)[C@H]1CC[C@H](N(C)CCc2cccnc2)CC1. The first-order valence-corrected chi connectivity index (χ1v) is 11.6. The molecule has 1 aromatic heterocycles. The van der Waals surface area contributed by atoms with Crippen molar-refractivity contribution < 1.29 is 9.53 Å². The summed E-state index contributed by atoms with van der Waals surface area (Å²) in [4.78, 5) is 21.3. The molecule has 5 nitrogen and oxygen atoms in total. The van der Waals surface area contributed by atoms with Gasteiger partial charge >= 0.3 is 5.97 Å². The molecule has 6 heteroatoms. The van der Waals surface area contributed by atoms with E-state index in [4.69, 9.17) is 16.3 Å². The van der Waals surface area contributed by atoms with Crippen LogP contribution in [0.3, 0.4) is 0 Å². The number of pyridine rings is 1. The number of carbonyl (C=O) groups excluding carboxylic acids is 1. The quantitative estimate of drug-likeness (QED) is 0.528. The van der Waals surface area contributed by atoms with Crippen LogP contribution in [0, 0.1) is 6.92 Å². The van der Waals surface area contributed by atoms with Gasteiger partial charge in [0.1, 0.15) is 0 Å². The monoisotopic (exact) mass is 443 g/mol. The van der Waals surface area contributed by atoms with Gasteiger partial charge in [0, 0.05) is 48.3 Å². The number of hydrogen-bond donors (Lipinski definition) is 0. The third kappa shape index (κ3) is 5.78. The summed E-state index contributed by atoms with van der Waals surface area (Å²) in [6.45, 7) is 6.09. The molecule has 1 fully saturated rings. The minimum atomic E-state index is -0.337. The highest BCUT2D eigenvalue weighted by atomic mass is 35.5. The van der Waals surface area contributed by atoms with E-state index in [1.807, 2.05) is 31.5 Å². The molecule has 1 saturated carbocycles. The summed E-state index contributed by atoms with van der Waals surface area (Å²) in [5.41, 5.74) is 3.82. The van der Waals surface area contributed by atoms with Crippen LogP contribution in [-0.2, 0) is 11.2 Å². The number of likely N-dealkylation sites (N-methyl/N-ethyl adjacent to an activating group) is 1. The van der Waals surface area contributed by atoms with Crippen LogP contribution in [0.15, 0.2) is 36.7 Å². The summed E-state index contributed by atoms with van der Waals surface area (Å²) >= 11 is 6.37. The first-order valence-electron chi connectivity index (χ1n) is 11.2. The fraction of sp³-hybridized carbons (Fsp3) is 0.520. The number of aromatic nitrogens is 1. The van der Waals surface area contributed by atoms with E-state index in [0.717, 1.165) is 43.6 Å². The Morgan fingerprint density at radius 3 is 2.55 bits per heavy atom. The van der Waals surface area contributed by atoms with Crippen molar-refractivity contribution in [3.8, 4) is 0 Å². The van der Waals surface area contributed by atoms with Gasteiger partial charge in [-0.2, -0.15) is 0 Å². The van der Waals surface area contributed by atoms with E-state index in [9.17, 15) is 4.79 Å². The average molecular weight is 444 g/mol. The maximum atomic E-state index is 12.2. The topological polar surface area (TPSA) is 45.7 Å². The number of anilines is 1. The molecule has 0 N–H and O–H groups in total. The van der Waals surface area contributed by atoms with Gasteiger partial charge in [0.05, 0.1) is 12.7 Å². The predicted molar refractivity (Wildman–Crippen MR) is 127 cm³/mol. The van der Waals surface area contributed by atoms with Crippen molar-refractivity contribution in [2.45, 2.75) is 58.0 Å². The lowest BCUT2D eigenvalue weighted by Crippen LogP contribution is -2.44. The number of carbonyl (C=O) groups is 1. The van der Waals surface area contributed by atoms with Crippen molar-refractivity contribution >= 4 is 23.3 Å². The van der Waals surface area contributed by atoms with Crippen LogP contribution in [0.4, 0.5) is 5.69 Å². The fourth-order valence-corrected chi connectivity index (χ4v) is 4.97. The van der Waals surface area contributed by atoms with Gasteiger partial charge in [0.2, 0.25) is 0 Å². The molecule has 3 rings (SSSR count). The summed E-state index contributed by atoms with van der Waals surface area (Å²) in [5, 5.41) is 0.572. The maximum absolute atomic E-state index is 12.2. The molecule has 0 unspecified atom stereocenters. The lowest BCUT2D eigenvalue weighted by atomic mass is 9.88. The second-order valence-corrected chi connectivity index (χ2v) is 8.87. The highest BCUT2D eigenvalue weighted by Crippen LogP contribution is 2.34. The van der Waals surface area contributed by atoms with Crippen LogP contribution in [0.5, 0.6) is 0 Å². The molecular weight excluding hydrogens is 410 g/mol. The molecule has 0 aliphatic heterocycles. The van der Waals surface area contributed by atoms with E-state index in [-0.39, 0.29) is 5.97 Å². The number of hydrogen-bond acceptors (Lipinski definition) is 5. The smallest absolute Gasteiger partial charge is 0.338 e. The van der Waals surface area contributed by atoms with E-state index in [0.29, 0.717) is 22.7 Å². The van der Waals surface area contributed by atoms with Crippen molar-refractivity contribution in [1.82, 2.24) is 9.88 Å². The van der Waals surface area contributed by atoms with Crippen molar-refractivity contribution in [3.63, 3.8) is 0 Å². The van der Waals surface area contributed by atoms with Crippen LogP contribution in [-0.4, -0.2) is 55.2 Å². The maximum Gasteiger partial charge on any atom is 0.338 e. The first-order chi connectivity index (χ1) is 14.9. The van der Waals surface area contributed by atoms with Gasteiger partial charge in [-0.05, 0) is 82.3 Å². The number of ether oxygens (including phenoxy) is 1. The van der Waals surface area contributed by atoms with E-state index >= 15 is 0 Å². The minimum absolute atomic E-state index is 0.337. The Balaban J connectivity index is 1.64. The second-order valence-electron chi connectivity index (χ2n) is 8.43. The van der Waals surface area contributed by atoms with E-state index in [2.05, 4.69) is 34.8 Å². The Morgan fingerprint density at radius 2 is 1.94 bits per heavy atom. The molecular formula is C25H34ClN3O2. The number of benzene rings is 1. The van der Waals surface area contributed by atoms with Gasteiger partial charge in [0.25, 0.3) is 0 Å². The highest BCUT2D eigenvalue weighted by Gasteiger charge is 2.29. The number of halogens is 1. The standard InChI is InChI=1S/C25H34ClN3O2/c1-5-29(24-16-20(26)15-23(18(24)2)25(30)31-4)22-10-8-21(9-11-22)28(3)14-12-19-7-6-13-27-17-19/h6-7,13,15-17,21-22H,5,8-12,14H2,1-4H3/t21-,22-. The van der Waals surface area contributed by atoms with Crippen LogP contribution in [0.1, 0.15) is 54.1 Å². The Hall–Kier alpha value is -2.11. The van der Waals surface area contributed by atoms with Crippen molar-refractivity contribution in [2.24, 2.45) is 0 Å². The van der Waals surface area contributed by atoms with Crippen molar-refractivity contribution in [2.75, 3.05) is 32.1 Å².